The highest BCUT2D eigenvalue weighted by Gasteiger charge is 2.21. The van der Waals surface area contributed by atoms with Gasteiger partial charge in [0.25, 0.3) is 0 Å². The van der Waals surface area contributed by atoms with Gasteiger partial charge in [-0.1, -0.05) is 23.4 Å². The van der Waals surface area contributed by atoms with E-state index in [1.165, 1.54) is 13.2 Å². The Bertz CT molecular complexity index is 1230. The van der Waals surface area contributed by atoms with Gasteiger partial charge < -0.3 is 24.5 Å². The van der Waals surface area contributed by atoms with Gasteiger partial charge >= 0.3 is 5.97 Å². The van der Waals surface area contributed by atoms with Gasteiger partial charge in [0.05, 0.1) is 23.4 Å². The van der Waals surface area contributed by atoms with E-state index in [9.17, 15) is 14.4 Å². The number of pyridine rings is 1. The average Bonchev–Trinajstić information content (AvgIpc) is 3.20. The fourth-order valence-electron chi connectivity index (χ4n) is 2.94. The van der Waals surface area contributed by atoms with E-state index >= 15 is 0 Å². The van der Waals surface area contributed by atoms with Crippen molar-refractivity contribution in [3.05, 3.63) is 57.2 Å². The summed E-state index contributed by atoms with van der Waals surface area (Å²) in [4.78, 5) is 40.5. The summed E-state index contributed by atoms with van der Waals surface area (Å²) in [6.45, 7) is 0.138. The van der Waals surface area contributed by atoms with Crippen molar-refractivity contribution in [3.63, 3.8) is 0 Å². The van der Waals surface area contributed by atoms with Crippen molar-refractivity contribution in [2.24, 2.45) is 0 Å². The number of methoxy groups -OCH3 is 1. The third-order valence-corrected chi connectivity index (χ3v) is 5.56. The zero-order valence-corrected chi connectivity index (χ0v) is 17.2. The number of anilines is 1. The summed E-state index contributed by atoms with van der Waals surface area (Å²) in [6, 6.07) is 9.79. The highest BCUT2D eigenvalue weighted by atomic mass is 35.5. The van der Waals surface area contributed by atoms with Gasteiger partial charge in [-0.05, 0) is 30.3 Å². The van der Waals surface area contributed by atoms with Gasteiger partial charge in [0.15, 0.2) is 11.5 Å². The third-order valence-electron chi connectivity index (χ3n) is 4.32. The summed E-state index contributed by atoms with van der Waals surface area (Å²) in [5, 5.41) is 3.61. The summed E-state index contributed by atoms with van der Waals surface area (Å²) in [7, 11) is 1.19. The van der Waals surface area contributed by atoms with Crippen molar-refractivity contribution in [3.8, 4) is 11.5 Å². The number of fused-ring (bicyclic) bond motifs is 2. The molecule has 4 rings (SSSR count). The van der Waals surface area contributed by atoms with Crippen molar-refractivity contribution >= 4 is 51.8 Å². The van der Waals surface area contributed by atoms with E-state index in [-0.39, 0.29) is 34.4 Å². The van der Waals surface area contributed by atoms with Crippen molar-refractivity contribution in [2.45, 2.75) is 5.03 Å². The maximum Gasteiger partial charge on any atom is 0.344 e. The van der Waals surface area contributed by atoms with E-state index in [0.29, 0.717) is 27.7 Å². The minimum Gasteiger partial charge on any atom is -0.465 e. The standard InChI is InChI=1S/C20H15ClN2O6S/c1-27-20(26)17-18(25)12-6-10(21)2-4-13(12)23-19(17)30-8-16(24)22-11-3-5-14-15(7-11)29-9-28-14/h2-7H,8-9H2,1H3,(H,22,24)(H,23,25). The Morgan fingerprint density at radius 1 is 1.20 bits per heavy atom. The summed E-state index contributed by atoms with van der Waals surface area (Å²) in [5.41, 5.74) is 0.348. The minimum absolute atomic E-state index is 0.0481. The van der Waals surface area contributed by atoms with Crippen LogP contribution >= 0.6 is 23.4 Å². The van der Waals surface area contributed by atoms with E-state index in [0.717, 1.165) is 11.8 Å². The topological polar surface area (TPSA) is 107 Å². The molecule has 0 atom stereocenters. The fourth-order valence-corrected chi connectivity index (χ4v) is 3.96. The number of amides is 1. The van der Waals surface area contributed by atoms with E-state index in [1.807, 2.05) is 0 Å². The van der Waals surface area contributed by atoms with Crippen LogP contribution in [0.2, 0.25) is 5.02 Å². The van der Waals surface area contributed by atoms with Crippen LogP contribution in [0.25, 0.3) is 10.9 Å². The first-order valence-electron chi connectivity index (χ1n) is 8.72. The molecule has 0 saturated carbocycles. The van der Waals surface area contributed by atoms with E-state index < -0.39 is 11.4 Å². The first-order valence-corrected chi connectivity index (χ1v) is 10.1. The lowest BCUT2D eigenvalue weighted by Crippen LogP contribution is -2.20. The molecule has 1 aliphatic heterocycles. The van der Waals surface area contributed by atoms with Gasteiger partial charge in [0.2, 0.25) is 18.1 Å². The van der Waals surface area contributed by atoms with Crippen LogP contribution in [0, 0.1) is 0 Å². The number of hydrogen-bond donors (Lipinski definition) is 2. The number of thioether (sulfide) groups is 1. The van der Waals surface area contributed by atoms with Crippen LogP contribution in [0.4, 0.5) is 5.69 Å². The Morgan fingerprint density at radius 2 is 2.00 bits per heavy atom. The second-order valence-electron chi connectivity index (χ2n) is 6.24. The molecule has 1 amide bonds. The molecule has 0 fully saturated rings. The molecule has 3 aromatic rings. The number of benzene rings is 2. The molecule has 0 saturated heterocycles. The number of aromatic amines is 1. The first-order chi connectivity index (χ1) is 14.5. The molecule has 1 aliphatic rings. The lowest BCUT2D eigenvalue weighted by atomic mass is 10.1. The molecule has 1 aromatic heterocycles. The Hall–Kier alpha value is -3.17. The third kappa shape index (κ3) is 3.94. The first kappa shape index (κ1) is 20.1. The number of halogens is 1. The van der Waals surface area contributed by atoms with Crippen LogP contribution < -0.4 is 20.2 Å². The van der Waals surface area contributed by atoms with Gasteiger partial charge in [-0.2, -0.15) is 0 Å². The van der Waals surface area contributed by atoms with Gasteiger partial charge in [-0.3, -0.25) is 9.59 Å². The molecule has 2 aromatic carbocycles. The minimum atomic E-state index is -0.795. The van der Waals surface area contributed by atoms with Crippen molar-refractivity contribution < 1.29 is 23.8 Å². The molecule has 154 valence electrons. The smallest absolute Gasteiger partial charge is 0.344 e. The van der Waals surface area contributed by atoms with Crippen LogP contribution in [0.1, 0.15) is 10.4 Å². The Morgan fingerprint density at radius 3 is 2.80 bits per heavy atom. The van der Waals surface area contributed by atoms with Gasteiger partial charge in [0.1, 0.15) is 5.56 Å². The van der Waals surface area contributed by atoms with Crippen LogP contribution in [-0.4, -0.2) is 36.5 Å². The van der Waals surface area contributed by atoms with Gasteiger partial charge in [-0.25, -0.2) is 4.79 Å². The molecular formula is C20H15ClN2O6S. The predicted octanol–water partition coefficient (Wildman–Crippen LogP) is 3.43. The number of esters is 1. The number of ether oxygens (including phenoxy) is 3. The maximum absolute atomic E-state index is 12.8. The van der Waals surface area contributed by atoms with Gasteiger partial charge in [-0.15, -0.1) is 0 Å². The van der Waals surface area contributed by atoms with E-state index in [2.05, 4.69) is 10.3 Å². The lowest BCUT2D eigenvalue weighted by molar-refractivity contribution is -0.113. The number of nitrogens with one attached hydrogen (secondary N) is 2. The molecule has 0 unspecified atom stereocenters. The summed E-state index contributed by atoms with van der Waals surface area (Å²) >= 11 is 6.99. The largest absolute Gasteiger partial charge is 0.465 e. The quantitative estimate of drug-likeness (QED) is 0.456. The number of rotatable bonds is 5. The number of H-pyrrole nitrogens is 1. The van der Waals surface area contributed by atoms with E-state index in [4.69, 9.17) is 25.8 Å². The molecule has 0 bridgehead atoms. The highest BCUT2D eigenvalue weighted by Crippen LogP contribution is 2.34. The van der Waals surface area contributed by atoms with Crippen LogP contribution in [0.5, 0.6) is 11.5 Å². The molecule has 10 heteroatoms. The summed E-state index contributed by atoms with van der Waals surface area (Å²) < 4.78 is 15.3. The van der Waals surface area contributed by atoms with Crippen LogP contribution in [0.3, 0.4) is 0 Å². The molecular weight excluding hydrogens is 432 g/mol. The molecule has 30 heavy (non-hydrogen) atoms. The molecule has 0 spiro atoms. The number of aromatic nitrogens is 1. The normalized spacial score (nSPS) is 12.1. The highest BCUT2D eigenvalue weighted by molar-refractivity contribution is 8.00. The zero-order valence-electron chi connectivity index (χ0n) is 15.6. The van der Waals surface area contributed by atoms with Crippen LogP contribution in [-0.2, 0) is 9.53 Å². The second-order valence-corrected chi connectivity index (χ2v) is 7.67. The number of hydrogen-bond acceptors (Lipinski definition) is 7. The zero-order chi connectivity index (χ0) is 21.3. The van der Waals surface area contributed by atoms with Gasteiger partial charge in [0, 0.05) is 22.2 Å². The molecule has 2 N–H and O–H groups in total. The fraction of sp³-hybridized carbons (Fsp3) is 0.150. The molecule has 2 heterocycles. The molecule has 8 nitrogen and oxygen atoms in total. The monoisotopic (exact) mass is 446 g/mol. The summed E-state index contributed by atoms with van der Waals surface area (Å²) in [6.07, 6.45) is 0. The van der Waals surface area contributed by atoms with E-state index in [1.54, 1.807) is 30.3 Å². The Kier molecular flexibility index (Phi) is 5.56. The number of carbonyl (C=O) groups excluding carboxylic acids is 2. The maximum atomic E-state index is 12.8. The predicted molar refractivity (Wildman–Crippen MR) is 113 cm³/mol. The summed E-state index contributed by atoms with van der Waals surface area (Å²) in [5.74, 6) is -0.0126. The molecule has 0 radical (unpaired) electrons. The Labute approximate surface area is 179 Å². The average molecular weight is 447 g/mol. The number of carbonyl (C=O) groups is 2. The van der Waals surface area contributed by atoms with Crippen molar-refractivity contribution in [1.29, 1.82) is 0 Å². The SMILES string of the molecule is COC(=O)c1c(SCC(=O)Nc2ccc3c(c2)OCO3)[nH]c2ccc(Cl)cc2c1=O. The lowest BCUT2D eigenvalue weighted by Gasteiger charge is -2.10. The van der Waals surface area contributed by atoms with Crippen molar-refractivity contribution in [2.75, 3.05) is 25.0 Å². The van der Waals surface area contributed by atoms with Crippen LogP contribution in [0.15, 0.2) is 46.2 Å². The second kappa shape index (κ2) is 8.29. The molecule has 0 aliphatic carbocycles. The van der Waals surface area contributed by atoms with Crippen molar-refractivity contribution in [1.82, 2.24) is 4.98 Å². The Balaban J connectivity index is 1.57.